The third kappa shape index (κ3) is 17.6. The lowest BCUT2D eigenvalue weighted by Crippen LogP contribution is -2.31. The molecule has 0 saturated carbocycles. The molecule has 2 atom stereocenters. The van der Waals surface area contributed by atoms with Gasteiger partial charge in [0.1, 0.15) is 47.4 Å². The summed E-state index contributed by atoms with van der Waals surface area (Å²) in [6.45, 7) is 35.7. The fourth-order valence-electron chi connectivity index (χ4n) is 10.7. The van der Waals surface area contributed by atoms with Crippen LogP contribution in [0.3, 0.4) is 0 Å². The van der Waals surface area contributed by atoms with Crippen molar-refractivity contribution in [3.63, 3.8) is 0 Å². The molecule has 0 aromatic heterocycles. The van der Waals surface area contributed by atoms with Gasteiger partial charge in [0.25, 0.3) is 0 Å². The van der Waals surface area contributed by atoms with Gasteiger partial charge in [0.05, 0.1) is 18.4 Å². The standard InChI is InChI=1S/C25H33NO4.C23H27BrO4.C20H27P/c1-6-26(7-2)21-13-19-15-25(4,5)30-23(19)20(14-21)16-29-22-10-8-18(9-11-22)12-17(3)24(27)28;1-5-26-22(25)15(2)10-16-6-8-20(9-7-16)27-14-18-12-19(24)11-17-13-23(3,4)28-21(17)18;1-19(2,3)21(20(4,5)6)18-15-11-10-14-17(18)16-12-8-7-9-13-16/h8-11,13-14,17H,6-7,12,15-16H2,1-5H3,(H,27,28);6-9,11-12,15H,5,10,13-14H2,1-4H3;7-15H,1-6H3. The summed E-state index contributed by atoms with van der Waals surface area (Å²) in [6.07, 6.45) is 2.95. The van der Waals surface area contributed by atoms with Crippen LogP contribution in [0.1, 0.15) is 137 Å². The van der Waals surface area contributed by atoms with Crippen LogP contribution in [0.25, 0.3) is 11.1 Å². The summed E-state index contributed by atoms with van der Waals surface area (Å²) in [5.41, 5.74) is 10.2. The molecule has 0 saturated heterocycles. The lowest BCUT2D eigenvalue weighted by atomic mass is 9.99. The van der Waals surface area contributed by atoms with Crippen LogP contribution in [0.5, 0.6) is 23.0 Å². The molecule has 1 N–H and O–H groups in total. The fourth-order valence-corrected chi connectivity index (χ4v) is 15.4. The van der Waals surface area contributed by atoms with E-state index in [2.05, 4.69) is 183 Å². The van der Waals surface area contributed by atoms with E-state index < -0.39 is 11.9 Å². The monoisotopic (exact) mass is 1160 g/mol. The van der Waals surface area contributed by atoms with E-state index in [0.717, 1.165) is 75.7 Å². The van der Waals surface area contributed by atoms with Crippen molar-refractivity contribution >= 4 is 46.8 Å². The average molecular weight is 1160 g/mol. The third-order valence-corrected chi connectivity index (χ3v) is 18.0. The largest absolute Gasteiger partial charge is 0.489 e. The number of anilines is 1. The average Bonchev–Trinajstić information content (AvgIpc) is 3.96. The molecule has 8 rings (SSSR count). The second-order valence-corrected chi connectivity index (χ2v) is 28.9. The number of hydrogen-bond acceptors (Lipinski definition) is 8. The molecule has 79 heavy (non-hydrogen) atoms. The van der Waals surface area contributed by atoms with Gasteiger partial charge < -0.3 is 33.7 Å². The number of rotatable bonds is 18. The van der Waals surface area contributed by atoms with Crippen molar-refractivity contribution < 1.29 is 38.4 Å². The molecule has 2 aliphatic rings. The first-order valence-electron chi connectivity index (χ1n) is 28.1. The number of carbonyl (C=O) groups is 2. The number of halogens is 1. The normalized spacial score (nSPS) is 14.6. The van der Waals surface area contributed by atoms with Gasteiger partial charge in [0.2, 0.25) is 0 Å². The predicted octanol–water partition coefficient (Wildman–Crippen LogP) is 16.6. The highest BCUT2D eigenvalue weighted by Crippen LogP contribution is 2.59. The van der Waals surface area contributed by atoms with Crippen molar-refractivity contribution in [2.45, 2.75) is 164 Å². The number of carboxylic acid groups (broad SMARTS) is 1. The van der Waals surface area contributed by atoms with Crippen molar-refractivity contribution in [3.8, 4) is 34.1 Å². The number of fused-ring (bicyclic) bond motifs is 2. The van der Waals surface area contributed by atoms with E-state index in [1.807, 2.05) is 62.4 Å². The summed E-state index contributed by atoms with van der Waals surface area (Å²) < 4.78 is 30.6. The topological polar surface area (TPSA) is 104 Å². The maximum atomic E-state index is 11.8. The SMILES string of the molecule is CC(C)(C)P(c1ccccc1-c1ccccc1)C(C)(C)C.CCN(CC)c1cc(COc2ccc(CC(C)C(=O)O)cc2)c2c(c1)CC(C)(C)O2.CCOC(=O)C(C)Cc1ccc(OCc2cc(Br)cc3c2OC(C)(C)C3)cc1. The van der Waals surface area contributed by atoms with Gasteiger partial charge in [-0.25, -0.2) is 0 Å². The predicted molar refractivity (Wildman–Crippen MR) is 330 cm³/mol. The number of carbonyl (C=O) groups excluding carboxylic acids is 1. The summed E-state index contributed by atoms with van der Waals surface area (Å²) in [7, 11) is -0.282. The Bertz CT molecular complexity index is 2940. The molecule has 0 radical (unpaired) electrons. The summed E-state index contributed by atoms with van der Waals surface area (Å²) >= 11 is 3.59. The molecule has 424 valence electrons. The van der Waals surface area contributed by atoms with E-state index >= 15 is 0 Å². The lowest BCUT2D eigenvalue weighted by molar-refractivity contribution is -0.147. The maximum absolute atomic E-state index is 11.8. The molecule has 0 bridgehead atoms. The zero-order chi connectivity index (χ0) is 57.9. The van der Waals surface area contributed by atoms with E-state index in [4.69, 9.17) is 28.8 Å². The van der Waals surface area contributed by atoms with Gasteiger partial charge in [-0.3, -0.25) is 9.59 Å². The second-order valence-electron chi connectivity index (χ2n) is 24.1. The first-order chi connectivity index (χ1) is 37.2. The minimum Gasteiger partial charge on any atom is -0.489 e. The van der Waals surface area contributed by atoms with E-state index in [0.29, 0.717) is 43.0 Å². The Labute approximate surface area is 482 Å². The van der Waals surface area contributed by atoms with Gasteiger partial charge in [-0.1, -0.05) is 158 Å². The summed E-state index contributed by atoms with van der Waals surface area (Å²) in [4.78, 5) is 25.2. The van der Waals surface area contributed by atoms with Crippen LogP contribution in [0.2, 0.25) is 0 Å². The number of hydrogen-bond donors (Lipinski definition) is 1. The van der Waals surface area contributed by atoms with Gasteiger partial charge in [0, 0.05) is 52.8 Å². The minimum atomic E-state index is -0.778. The zero-order valence-electron chi connectivity index (χ0n) is 49.7. The molecule has 0 amide bonds. The number of esters is 1. The van der Waals surface area contributed by atoms with Crippen LogP contribution in [0.15, 0.2) is 132 Å². The van der Waals surface area contributed by atoms with Crippen molar-refractivity contribution in [3.05, 3.63) is 165 Å². The highest BCUT2D eigenvalue weighted by Gasteiger charge is 2.37. The van der Waals surface area contributed by atoms with Crippen LogP contribution >= 0.6 is 23.9 Å². The molecule has 11 heteroatoms. The van der Waals surface area contributed by atoms with Gasteiger partial charge >= 0.3 is 11.9 Å². The second kappa shape index (κ2) is 27.1. The molecular formula is C68H87BrNO8P. The Morgan fingerprint density at radius 2 is 1.11 bits per heavy atom. The smallest absolute Gasteiger partial charge is 0.308 e. The van der Waals surface area contributed by atoms with Gasteiger partial charge in [-0.2, -0.15) is 0 Å². The highest BCUT2D eigenvalue weighted by atomic mass is 79.9. The molecule has 0 aliphatic carbocycles. The number of carboxylic acids is 1. The molecule has 0 fully saturated rings. The van der Waals surface area contributed by atoms with Crippen LogP contribution in [-0.2, 0) is 53.2 Å². The molecule has 6 aromatic carbocycles. The van der Waals surface area contributed by atoms with Crippen molar-refractivity contribution in [2.75, 3.05) is 24.6 Å². The number of ether oxygens (including phenoxy) is 5. The quantitative estimate of drug-likeness (QED) is 0.0666. The first kappa shape index (κ1) is 62.4. The Morgan fingerprint density at radius 1 is 0.646 bits per heavy atom. The Hall–Kier alpha value is -5.83. The van der Waals surface area contributed by atoms with E-state index in [1.54, 1.807) is 6.92 Å². The van der Waals surface area contributed by atoms with Crippen molar-refractivity contribution in [2.24, 2.45) is 11.8 Å². The van der Waals surface area contributed by atoms with Crippen LogP contribution in [0.4, 0.5) is 5.69 Å². The summed E-state index contributed by atoms with van der Waals surface area (Å²) in [5.74, 6) is 1.95. The van der Waals surface area contributed by atoms with E-state index in [9.17, 15) is 9.59 Å². The Morgan fingerprint density at radius 3 is 1.59 bits per heavy atom. The van der Waals surface area contributed by atoms with E-state index in [-0.39, 0.29) is 31.0 Å². The van der Waals surface area contributed by atoms with Crippen LogP contribution in [0, 0.1) is 11.8 Å². The number of aliphatic carboxylic acids is 1. The molecule has 2 aliphatic heterocycles. The number of benzene rings is 6. The Balaban J connectivity index is 0.000000194. The van der Waals surface area contributed by atoms with Gasteiger partial charge in [-0.05, 0) is 153 Å². The van der Waals surface area contributed by atoms with Gasteiger partial charge in [-0.15, -0.1) is 0 Å². The maximum Gasteiger partial charge on any atom is 0.308 e. The molecule has 0 spiro atoms. The first-order valence-corrected chi connectivity index (χ1v) is 30.2. The van der Waals surface area contributed by atoms with Gasteiger partial charge in [0.15, 0.2) is 0 Å². The van der Waals surface area contributed by atoms with E-state index in [1.165, 1.54) is 33.2 Å². The zero-order valence-corrected chi connectivity index (χ0v) is 52.2. The van der Waals surface area contributed by atoms with Crippen molar-refractivity contribution in [1.82, 2.24) is 0 Å². The fraction of sp³-hybridized carbons (Fsp3) is 0.441. The molecular weight excluding hydrogens is 1070 g/mol. The summed E-state index contributed by atoms with van der Waals surface area (Å²) in [6, 6.07) is 43.9. The lowest BCUT2D eigenvalue weighted by Gasteiger charge is -2.42. The highest BCUT2D eigenvalue weighted by molar-refractivity contribution is 9.10. The third-order valence-electron chi connectivity index (χ3n) is 14.0. The Kier molecular flexibility index (Phi) is 21.4. The molecule has 9 nitrogen and oxygen atoms in total. The van der Waals surface area contributed by atoms with Crippen LogP contribution in [-0.4, -0.2) is 58.3 Å². The number of nitrogens with zero attached hydrogens (tertiary/aromatic N) is 1. The molecule has 2 unspecified atom stereocenters. The summed E-state index contributed by atoms with van der Waals surface area (Å²) in [5, 5.41) is 11.2. The van der Waals surface area contributed by atoms with Crippen LogP contribution < -0.4 is 29.2 Å². The molecule has 2 heterocycles. The van der Waals surface area contributed by atoms with Crippen molar-refractivity contribution in [1.29, 1.82) is 0 Å². The molecule has 6 aromatic rings. The minimum absolute atomic E-state index is 0.156.